The van der Waals surface area contributed by atoms with E-state index in [1.54, 1.807) is 24.3 Å². The number of nitrogens with zero attached hydrogens (tertiary/aromatic N) is 1. The van der Waals surface area contributed by atoms with Crippen LogP contribution >= 0.6 is 0 Å². The van der Waals surface area contributed by atoms with Gasteiger partial charge in [-0.1, -0.05) is 63.9 Å². The van der Waals surface area contributed by atoms with Gasteiger partial charge in [-0.3, -0.25) is 4.79 Å². The van der Waals surface area contributed by atoms with Gasteiger partial charge in [0, 0.05) is 11.6 Å². The van der Waals surface area contributed by atoms with Crippen LogP contribution in [0.15, 0.2) is 48.7 Å². The molecule has 2 aromatic carbocycles. The normalized spacial score (nSPS) is 16.9. The minimum atomic E-state index is -0.454. The lowest BCUT2D eigenvalue weighted by Gasteiger charge is -2.30. The summed E-state index contributed by atoms with van der Waals surface area (Å²) in [7, 11) is 2.85. The van der Waals surface area contributed by atoms with Gasteiger partial charge < -0.3 is 14.2 Å². The molecule has 0 spiro atoms. The predicted molar refractivity (Wildman–Crippen MR) is 152 cm³/mol. The highest BCUT2D eigenvalue weighted by atomic mass is 19.1. The van der Waals surface area contributed by atoms with Gasteiger partial charge >= 0.3 is 5.97 Å². The summed E-state index contributed by atoms with van der Waals surface area (Å²) < 4.78 is 46.7. The average molecular weight is 552 g/mol. The van der Waals surface area contributed by atoms with Gasteiger partial charge in [-0.25, -0.2) is 13.8 Å². The molecule has 5 nitrogen and oxygen atoms in total. The number of halogens is 2. The highest BCUT2D eigenvalue weighted by Gasteiger charge is 2.37. The van der Waals surface area contributed by atoms with Crippen LogP contribution in [-0.2, 0) is 16.1 Å². The zero-order chi connectivity index (χ0) is 28.9. The van der Waals surface area contributed by atoms with Gasteiger partial charge in [-0.05, 0) is 64.8 Å². The molecule has 1 aromatic heterocycles. The first-order valence-corrected chi connectivity index (χ1v) is 14.0. The van der Waals surface area contributed by atoms with Crippen LogP contribution < -0.4 is 9.47 Å². The number of carbonyl (C=O) groups is 1. The summed E-state index contributed by atoms with van der Waals surface area (Å²) in [5.74, 6) is -0.795. The number of esters is 1. The van der Waals surface area contributed by atoms with Gasteiger partial charge in [-0.15, -0.1) is 0 Å². The Morgan fingerprint density at radius 1 is 1.12 bits per heavy atom. The van der Waals surface area contributed by atoms with Crippen LogP contribution in [0.4, 0.5) is 8.78 Å². The minimum Gasteiger partial charge on any atom is -0.486 e. The molecule has 4 rings (SSSR count). The van der Waals surface area contributed by atoms with Crippen molar-refractivity contribution in [3.05, 3.63) is 77.0 Å². The molecule has 0 unspecified atom stereocenters. The Labute approximate surface area is 235 Å². The summed E-state index contributed by atoms with van der Waals surface area (Å²) >= 11 is 0. The molecule has 0 saturated heterocycles. The van der Waals surface area contributed by atoms with Crippen LogP contribution in [-0.4, -0.2) is 25.2 Å². The largest absolute Gasteiger partial charge is 0.486 e. The number of ether oxygens (including phenoxy) is 3. The van der Waals surface area contributed by atoms with E-state index < -0.39 is 11.6 Å². The third kappa shape index (κ3) is 6.45. The van der Waals surface area contributed by atoms with E-state index in [2.05, 4.69) is 24.9 Å². The molecule has 1 aliphatic rings. The molecular weight excluding hydrogens is 512 g/mol. The molecule has 1 fully saturated rings. The van der Waals surface area contributed by atoms with Gasteiger partial charge in [0.2, 0.25) is 5.88 Å². The molecule has 2 atom stereocenters. The molecule has 214 valence electrons. The van der Waals surface area contributed by atoms with E-state index in [0.717, 1.165) is 42.4 Å². The monoisotopic (exact) mass is 551 g/mol. The molecule has 40 heavy (non-hydrogen) atoms. The fraction of sp³-hybridized carbons (Fsp3) is 0.455. The van der Waals surface area contributed by atoms with Crippen LogP contribution in [0.5, 0.6) is 11.6 Å². The van der Waals surface area contributed by atoms with Gasteiger partial charge in [0.15, 0.2) is 11.6 Å². The summed E-state index contributed by atoms with van der Waals surface area (Å²) in [6, 6.07) is 12.6. The zero-order valence-corrected chi connectivity index (χ0v) is 24.1. The third-order valence-corrected chi connectivity index (χ3v) is 8.18. The van der Waals surface area contributed by atoms with Crippen LogP contribution in [0.3, 0.4) is 0 Å². The Balaban J connectivity index is 1.66. The lowest BCUT2D eigenvalue weighted by atomic mass is 9.75. The summed E-state index contributed by atoms with van der Waals surface area (Å²) in [4.78, 5) is 15.9. The highest BCUT2D eigenvalue weighted by molar-refractivity contribution is 5.71. The van der Waals surface area contributed by atoms with E-state index in [9.17, 15) is 4.79 Å². The number of benzene rings is 2. The molecule has 1 aliphatic carbocycles. The average Bonchev–Trinajstić information content (AvgIpc) is 3.31. The van der Waals surface area contributed by atoms with E-state index in [1.807, 2.05) is 19.1 Å². The number of methoxy groups -OCH3 is 2. The van der Waals surface area contributed by atoms with E-state index in [-0.39, 0.29) is 42.0 Å². The van der Waals surface area contributed by atoms with Crippen molar-refractivity contribution in [1.82, 2.24) is 4.98 Å². The van der Waals surface area contributed by atoms with E-state index in [1.165, 1.54) is 20.4 Å². The van der Waals surface area contributed by atoms with Crippen molar-refractivity contribution >= 4 is 5.97 Å². The molecule has 0 aliphatic heterocycles. The molecule has 0 bridgehead atoms. The Morgan fingerprint density at radius 3 is 2.60 bits per heavy atom. The smallest absolute Gasteiger partial charge is 0.306 e. The summed E-state index contributed by atoms with van der Waals surface area (Å²) in [5, 5.41) is 0. The summed E-state index contributed by atoms with van der Waals surface area (Å²) in [5.41, 5.74) is 3.67. The van der Waals surface area contributed by atoms with E-state index >= 15 is 8.78 Å². The maximum absolute atomic E-state index is 15.6. The lowest BCUT2D eigenvalue weighted by Crippen LogP contribution is -2.17. The van der Waals surface area contributed by atoms with Crippen LogP contribution in [0, 0.1) is 17.0 Å². The van der Waals surface area contributed by atoms with Gasteiger partial charge in [0.25, 0.3) is 0 Å². The standard InChI is InChI=1S/C33H39F2NO4/c1-6-9-22(17-31(37)39-5)23-10-7-12-29(32(23)35)40-20-21-13-14-24(26-18-30(38-4)36-19-28(26)34)25(16-21)27-11-8-15-33(27,2)3/h7,10,12-14,16,18-19,22,27H,6,8-9,11,15,17,20H2,1-5H3/t22-,27-/m0/s1. The molecule has 1 saturated carbocycles. The maximum Gasteiger partial charge on any atom is 0.306 e. The second-order valence-corrected chi connectivity index (χ2v) is 11.3. The van der Waals surface area contributed by atoms with Crippen molar-refractivity contribution in [2.45, 2.75) is 77.7 Å². The lowest BCUT2D eigenvalue weighted by molar-refractivity contribution is -0.141. The molecule has 7 heteroatoms. The first-order valence-electron chi connectivity index (χ1n) is 14.0. The SMILES string of the molecule is CCC[C@@H](CC(=O)OC)c1cccc(OCc2ccc(-c3cc(OC)ncc3F)c([C@@H]3CCCC3(C)C)c2)c1F. The number of hydrogen-bond donors (Lipinski definition) is 0. The van der Waals surface area contributed by atoms with Crippen LogP contribution in [0.1, 0.15) is 87.8 Å². The Hall–Kier alpha value is -3.48. The number of hydrogen-bond acceptors (Lipinski definition) is 5. The third-order valence-electron chi connectivity index (χ3n) is 8.18. The molecular formula is C33H39F2NO4. The first-order chi connectivity index (χ1) is 19.2. The number of carbonyl (C=O) groups excluding carboxylic acids is 1. The molecule has 0 amide bonds. The van der Waals surface area contributed by atoms with Gasteiger partial charge in [-0.2, -0.15) is 0 Å². The number of aromatic nitrogens is 1. The quantitative estimate of drug-likeness (QED) is 0.224. The second-order valence-electron chi connectivity index (χ2n) is 11.3. The minimum absolute atomic E-state index is 0.0518. The van der Waals surface area contributed by atoms with Crippen molar-refractivity contribution in [2.24, 2.45) is 5.41 Å². The molecule has 0 radical (unpaired) electrons. The van der Waals surface area contributed by atoms with Crippen molar-refractivity contribution in [2.75, 3.05) is 14.2 Å². The van der Waals surface area contributed by atoms with Crippen molar-refractivity contribution in [1.29, 1.82) is 0 Å². The van der Waals surface area contributed by atoms with Crippen molar-refractivity contribution in [3.8, 4) is 22.8 Å². The first kappa shape index (κ1) is 29.5. The Bertz CT molecular complexity index is 1340. The predicted octanol–water partition coefficient (Wildman–Crippen LogP) is 8.35. The Kier molecular flexibility index (Phi) is 9.44. The molecule has 3 aromatic rings. The van der Waals surface area contributed by atoms with Crippen molar-refractivity contribution < 1.29 is 27.8 Å². The summed E-state index contributed by atoms with van der Waals surface area (Å²) in [6.07, 6.45) is 5.96. The maximum atomic E-state index is 15.6. The molecule has 1 heterocycles. The fourth-order valence-corrected chi connectivity index (χ4v) is 5.99. The Morgan fingerprint density at radius 2 is 1.93 bits per heavy atom. The second kappa shape index (κ2) is 12.8. The fourth-order valence-electron chi connectivity index (χ4n) is 5.99. The summed E-state index contributed by atoms with van der Waals surface area (Å²) in [6.45, 7) is 6.66. The highest BCUT2D eigenvalue weighted by Crippen LogP contribution is 2.51. The van der Waals surface area contributed by atoms with E-state index in [0.29, 0.717) is 23.4 Å². The zero-order valence-electron chi connectivity index (χ0n) is 24.1. The van der Waals surface area contributed by atoms with E-state index in [4.69, 9.17) is 14.2 Å². The van der Waals surface area contributed by atoms with Gasteiger partial charge in [0.1, 0.15) is 12.4 Å². The molecule has 0 N–H and O–H groups in total. The number of rotatable bonds is 11. The van der Waals surface area contributed by atoms with Crippen LogP contribution in [0.2, 0.25) is 0 Å². The number of pyridine rings is 1. The van der Waals surface area contributed by atoms with Gasteiger partial charge in [0.05, 0.1) is 26.8 Å². The van der Waals surface area contributed by atoms with Crippen molar-refractivity contribution in [3.63, 3.8) is 0 Å². The topological polar surface area (TPSA) is 57.7 Å². The van der Waals surface area contributed by atoms with Crippen LogP contribution in [0.25, 0.3) is 11.1 Å².